The molecule has 5 heterocycles. The van der Waals surface area contributed by atoms with Crippen LogP contribution in [0.2, 0.25) is 0 Å². The van der Waals surface area contributed by atoms with Crippen molar-refractivity contribution in [2.45, 2.75) is 114 Å². The molecule has 2 aromatic heterocycles. The van der Waals surface area contributed by atoms with Crippen LogP contribution in [0.1, 0.15) is 46.6 Å². The van der Waals surface area contributed by atoms with Gasteiger partial charge in [-0.25, -0.2) is 9.36 Å². The number of hydrogen-bond donors (Lipinski definition) is 8. The largest absolute Gasteiger partial charge is 0.459 e. The zero-order valence-corrected chi connectivity index (χ0v) is 30.4. The lowest BCUT2D eigenvalue weighted by Gasteiger charge is -2.42. The SMILES string of the molecule is CC[C@H]1O[C@H](N=[N+]=[N-])[C@@H](OC(C)=O)[C@@H](C)[C@@H]1C.OC[C@H]1O[C@H](n2cc(-c3cccc(-c4cn([C@H]5O[C@H](CO)[C@@H](O)[C@H](O)[C@@H]5O)nn4)c3)nn2)[C@@H](O)[C@@H](O)[C@@H]1O. The Morgan fingerprint density at radius 3 is 1.71 bits per heavy atom. The van der Waals surface area contributed by atoms with E-state index in [1.165, 1.54) is 28.7 Å². The van der Waals surface area contributed by atoms with E-state index in [1.807, 2.05) is 13.8 Å². The molecule has 0 spiro atoms. The monoisotopic (exact) mass is 777 g/mol. The number of carbonyl (C=O) groups excluding carboxylic acids is 1. The molecule has 15 atom stereocenters. The third-order valence-electron chi connectivity index (χ3n) is 10.1. The molecule has 3 aromatic rings. The second-order valence-corrected chi connectivity index (χ2v) is 13.7. The summed E-state index contributed by atoms with van der Waals surface area (Å²) < 4.78 is 24.2. The van der Waals surface area contributed by atoms with E-state index in [0.717, 1.165) is 6.42 Å². The van der Waals surface area contributed by atoms with Crippen molar-refractivity contribution < 1.29 is 64.6 Å². The Morgan fingerprint density at radius 2 is 1.29 bits per heavy atom. The summed E-state index contributed by atoms with van der Waals surface area (Å²) in [6.45, 7) is 6.26. The molecule has 3 aliphatic heterocycles. The highest BCUT2D eigenvalue weighted by Crippen LogP contribution is 2.35. The molecular formula is C33H47N9O13. The van der Waals surface area contributed by atoms with Crippen molar-refractivity contribution in [2.24, 2.45) is 17.0 Å². The summed E-state index contributed by atoms with van der Waals surface area (Å²) in [7, 11) is 0. The quantitative estimate of drug-likeness (QED) is 0.0546. The van der Waals surface area contributed by atoms with Gasteiger partial charge < -0.3 is 59.8 Å². The Morgan fingerprint density at radius 1 is 0.800 bits per heavy atom. The van der Waals surface area contributed by atoms with Gasteiger partial charge in [-0.2, -0.15) is 0 Å². The lowest BCUT2D eigenvalue weighted by molar-refractivity contribution is -0.254. The molecule has 0 amide bonds. The highest BCUT2D eigenvalue weighted by Gasteiger charge is 2.46. The van der Waals surface area contributed by atoms with E-state index in [1.54, 1.807) is 24.3 Å². The highest BCUT2D eigenvalue weighted by molar-refractivity contribution is 5.68. The van der Waals surface area contributed by atoms with Crippen LogP contribution in [0.3, 0.4) is 0 Å². The van der Waals surface area contributed by atoms with Crippen LogP contribution in [0.15, 0.2) is 41.8 Å². The number of aliphatic hydroxyl groups is 8. The van der Waals surface area contributed by atoms with E-state index in [0.29, 0.717) is 22.5 Å². The number of ether oxygens (including phenoxy) is 4. The molecule has 22 nitrogen and oxygen atoms in total. The average Bonchev–Trinajstić information content (AvgIpc) is 3.88. The first-order valence-electron chi connectivity index (χ1n) is 17.7. The van der Waals surface area contributed by atoms with Crippen LogP contribution in [0.5, 0.6) is 0 Å². The third-order valence-corrected chi connectivity index (χ3v) is 10.1. The van der Waals surface area contributed by atoms with Gasteiger partial charge in [0.25, 0.3) is 0 Å². The first-order chi connectivity index (χ1) is 26.2. The molecule has 0 aliphatic carbocycles. The molecule has 0 bridgehead atoms. The van der Waals surface area contributed by atoms with E-state index < -0.39 is 86.8 Å². The maximum Gasteiger partial charge on any atom is 0.303 e. The minimum Gasteiger partial charge on any atom is -0.459 e. The van der Waals surface area contributed by atoms with Gasteiger partial charge in [0.15, 0.2) is 18.7 Å². The Kier molecular flexibility index (Phi) is 13.9. The van der Waals surface area contributed by atoms with Crippen molar-refractivity contribution in [3.05, 3.63) is 47.1 Å². The summed E-state index contributed by atoms with van der Waals surface area (Å²) in [6, 6.07) is 6.94. The molecule has 55 heavy (non-hydrogen) atoms. The lowest BCUT2D eigenvalue weighted by Crippen LogP contribution is -2.56. The summed E-state index contributed by atoms with van der Waals surface area (Å²) in [5.74, 6) is -0.0201. The van der Waals surface area contributed by atoms with Crippen LogP contribution in [0.25, 0.3) is 33.0 Å². The minimum absolute atomic E-state index is 0.0345. The topological polar surface area (TPSA) is 326 Å². The number of nitrogens with zero attached hydrogens (tertiary/aromatic N) is 9. The summed E-state index contributed by atoms with van der Waals surface area (Å²) in [6.07, 6.45) is -11.2. The van der Waals surface area contributed by atoms with Crippen molar-refractivity contribution in [3.63, 3.8) is 0 Å². The molecule has 3 aliphatic rings. The van der Waals surface area contributed by atoms with Crippen molar-refractivity contribution in [1.82, 2.24) is 30.0 Å². The van der Waals surface area contributed by atoms with Gasteiger partial charge in [-0.1, -0.05) is 54.5 Å². The first-order valence-corrected chi connectivity index (χ1v) is 17.7. The molecule has 6 rings (SSSR count). The molecule has 1 aromatic carbocycles. The Hall–Kier alpha value is -4.16. The fraction of sp³-hybridized carbons (Fsp3) is 0.667. The second kappa shape index (κ2) is 18.2. The summed E-state index contributed by atoms with van der Waals surface area (Å²) >= 11 is 0. The minimum atomic E-state index is -1.56. The van der Waals surface area contributed by atoms with Gasteiger partial charge in [0.1, 0.15) is 66.3 Å². The van der Waals surface area contributed by atoms with E-state index in [9.17, 15) is 45.6 Å². The van der Waals surface area contributed by atoms with Gasteiger partial charge >= 0.3 is 5.97 Å². The van der Waals surface area contributed by atoms with E-state index >= 15 is 0 Å². The molecule has 0 saturated carbocycles. The van der Waals surface area contributed by atoms with Crippen molar-refractivity contribution in [1.29, 1.82) is 0 Å². The Bertz CT molecular complexity index is 1680. The Labute approximate surface area is 314 Å². The first kappa shape index (κ1) is 42.0. The average molecular weight is 778 g/mol. The number of azide groups is 1. The van der Waals surface area contributed by atoms with Crippen molar-refractivity contribution in [3.8, 4) is 22.5 Å². The maximum absolute atomic E-state index is 11.1. The van der Waals surface area contributed by atoms with Gasteiger partial charge in [0.05, 0.1) is 31.7 Å². The fourth-order valence-electron chi connectivity index (χ4n) is 6.75. The van der Waals surface area contributed by atoms with E-state index in [-0.39, 0.29) is 23.9 Å². The van der Waals surface area contributed by atoms with Gasteiger partial charge in [0, 0.05) is 28.9 Å². The van der Waals surface area contributed by atoms with Crippen molar-refractivity contribution >= 4 is 5.97 Å². The molecule has 8 N–H and O–H groups in total. The normalized spacial score (nSPS) is 36.3. The third kappa shape index (κ3) is 8.96. The van der Waals surface area contributed by atoms with Crippen LogP contribution in [0.4, 0.5) is 0 Å². The lowest BCUT2D eigenvalue weighted by atomic mass is 9.82. The van der Waals surface area contributed by atoms with Gasteiger partial charge in [-0.05, 0) is 23.9 Å². The smallest absolute Gasteiger partial charge is 0.303 e. The molecule has 22 heteroatoms. The zero-order valence-electron chi connectivity index (χ0n) is 30.4. The van der Waals surface area contributed by atoms with Crippen LogP contribution in [-0.4, -0.2) is 157 Å². The number of aromatic nitrogens is 6. The van der Waals surface area contributed by atoms with Crippen LogP contribution in [-0.2, 0) is 23.7 Å². The molecule has 0 unspecified atom stereocenters. The van der Waals surface area contributed by atoms with Crippen LogP contribution < -0.4 is 0 Å². The molecule has 0 radical (unpaired) electrons. The van der Waals surface area contributed by atoms with Gasteiger partial charge in [-0.3, -0.25) is 4.79 Å². The number of carbonyl (C=O) groups is 1. The second-order valence-electron chi connectivity index (χ2n) is 13.7. The summed E-state index contributed by atoms with van der Waals surface area (Å²) in [5.41, 5.74) is 10.5. The molecular weight excluding hydrogens is 730 g/mol. The van der Waals surface area contributed by atoms with Gasteiger partial charge in [-0.15, -0.1) is 10.2 Å². The molecule has 3 saturated heterocycles. The van der Waals surface area contributed by atoms with Gasteiger partial charge in [0.2, 0.25) is 0 Å². The highest BCUT2D eigenvalue weighted by atomic mass is 16.6. The number of benzene rings is 1. The van der Waals surface area contributed by atoms with E-state index in [2.05, 4.69) is 37.6 Å². The molecule has 3 fully saturated rings. The number of rotatable bonds is 9. The zero-order chi connectivity index (χ0) is 40.1. The van der Waals surface area contributed by atoms with E-state index in [4.69, 9.17) is 24.5 Å². The predicted molar refractivity (Wildman–Crippen MR) is 184 cm³/mol. The summed E-state index contributed by atoms with van der Waals surface area (Å²) in [4.78, 5) is 13.8. The fourth-order valence-corrected chi connectivity index (χ4v) is 6.75. The number of esters is 1. The van der Waals surface area contributed by atoms with Crippen LogP contribution in [0, 0.1) is 11.8 Å². The maximum atomic E-state index is 11.1. The summed E-state index contributed by atoms with van der Waals surface area (Å²) in [5, 5.41) is 99.3. The standard InChI is InChI=1S/C22H28N6O10.C11H19N3O3/c29-7-13-15(31)17(33)19(35)21(37-13)27-5-11(23-25-27)9-2-1-3-10(4-9)12-6-28(26-24-12)22-20(36)18(34)16(32)14(8-30)38-22;1-5-9-6(2)7(3)10(16-8(4)15)11(17-9)13-14-12/h1-6,13-22,29-36H,7-8H2;6-7,9-11H,5H2,1-4H3/t13-,14-,15-,16-,17+,18+,19+,20+,21+,22+;6-,7-,9+,10-,11-/m10/s1. The predicted octanol–water partition coefficient (Wildman–Crippen LogP) is -1.22. The number of hydrogen-bond acceptors (Lipinski definition) is 18. The van der Waals surface area contributed by atoms with Crippen LogP contribution >= 0.6 is 0 Å². The Balaban J connectivity index is 0.000000287. The van der Waals surface area contributed by atoms with Crippen molar-refractivity contribution in [2.75, 3.05) is 13.2 Å². The molecule has 302 valence electrons. The number of aliphatic hydroxyl groups excluding tert-OH is 8.